The Morgan fingerprint density at radius 2 is 0.833 bits per heavy atom. The summed E-state index contributed by atoms with van der Waals surface area (Å²) in [5.41, 5.74) is 18.6. The van der Waals surface area contributed by atoms with Crippen molar-refractivity contribution >= 4 is 11.4 Å². The molecule has 2 aromatic rings. The van der Waals surface area contributed by atoms with Gasteiger partial charge in [0.25, 0.3) is 0 Å². The zero-order chi connectivity index (χ0) is 38.8. The second-order valence-electron chi connectivity index (χ2n) is 15.6. The summed E-state index contributed by atoms with van der Waals surface area (Å²) in [6, 6.07) is 17.1. The Bertz CT molecular complexity index is 1200. The van der Waals surface area contributed by atoms with Crippen LogP contribution in [0.1, 0.15) is 224 Å². The van der Waals surface area contributed by atoms with Crippen molar-refractivity contribution in [1.29, 1.82) is 0 Å². The second kappa shape index (κ2) is 36.6. The Morgan fingerprint density at radius 1 is 0.481 bits per heavy atom. The van der Waals surface area contributed by atoms with Crippen LogP contribution in [0.15, 0.2) is 60.2 Å². The molecule has 0 spiro atoms. The van der Waals surface area contributed by atoms with E-state index in [1.807, 2.05) is 0 Å². The molecule has 0 saturated carbocycles. The molecule has 0 unspecified atom stereocenters. The standard InChI is InChI=1S/C25H30N2.2C13H27.Ni/c1-4-6-10-20-12-8-14-22(17-20)24-16-19(3)25(27(24)26)23-15-9-13-21(18-23)11-7-5-2;2*1-3-5-7-9-11-13-12-10-8-6-4-2;/h8-9,12-18H,4-7,10-11H2,1-3H3;2*1,3-13H2,2H3;/q;2*-1;+2. The van der Waals surface area contributed by atoms with Gasteiger partial charge in [-0.1, -0.05) is 193 Å². The summed E-state index contributed by atoms with van der Waals surface area (Å²) in [5.74, 6) is 0. The number of aryl methyl sites for hydroxylation is 2. The molecular formula is C51H84N2Ni. The van der Waals surface area contributed by atoms with E-state index in [0.717, 1.165) is 53.8 Å². The van der Waals surface area contributed by atoms with Crippen LogP contribution in [0.25, 0.3) is 16.9 Å². The molecule has 54 heavy (non-hydrogen) atoms. The minimum atomic E-state index is 0. The summed E-state index contributed by atoms with van der Waals surface area (Å²) in [5, 5.41) is 0. The van der Waals surface area contributed by atoms with Gasteiger partial charge in [0.15, 0.2) is 0 Å². The minimum Gasteiger partial charge on any atom is -0.493 e. The Kier molecular flexibility index (Phi) is 35.3. The molecule has 0 atom stereocenters. The molecule has 0 saturated heterocycles. The second-order valence-corrected chi connectivity index (χ2v) is 15.6. The molecule has 0 bridgehead atoms. The topological polar surface area (TPSA) is 25.3 Å². The maximum Gasteiger partial charge on any atom is 2.00 e. The van der Waals surface area contributed by atoms with E-state index in [4.69, 9.17) is 0 Å². The van der Waals surface area contributed by atoms with Gasteiger partial charge in [-0.05, 0) is 68.0 Å². The van der Waals surface area contributed by atoms with Crippen molar-refractivity contribution in [1.82, 2.24) is 0 Å². The molecule has 3 rings (SSSR count). The smallest absolute Gasteiger partial charge is 0.493 e. The first-order valence-corrected chi connectivity index (χ1v) is 22.7. The van der Waals surface area contributed by atoms with E-state index < -0.39 is 0 Å². The monoisotopic (exact) mass is 783 g/mol. The fourth-order valence-electron chi connectivity index (χ4n) is 7.03. The number of rotatable bonds is 28. The average Bonchev–Trinajstić information content (AvgIpc) is 3.48. The van der Waals surface area contributed by atoms with E-state index in [1.54, 1.807) is 0 Å². The van der Waals surface area contributed by atoms with Gasteiger partial charge in [0.05, 0.1) is 0 Å². The molecule has 3 heteroatoms. The molecule has 1 heterocycles. The van der Waals surface area contributed by atoms with Crippen LogP contribution >= 0.6 is 0 Å². The van der Waals surface area contributed by atoms with Crippen molar-refractivity contribution in [2.45, 2.75) is 214 Å². The molecule has 1 aliphatic rings. The zero-order valence-electron chi connectivity index (χ0n) is 36.1. The number of hydrogen-bond donors (Lipinski definition) is 0. The minimum absolute atomic E-state index is 0. The maximum atomic E-state index is 11.0. The summed E-state index contributed by atoms with van der Waals surface area (Å²) >= 11 is 0. The largest absolute Gasteiger partial charge is 2.00 e. The van der Waals surface area contributed by atoms with E-state index in [0.29, 0.717) is 0 Å². The van der Waals surface area contributed by atoms with Crippen LogP contribution in [-0.2, 0) is 29.3 Å². The summed E-state index contributed by atoms with van der Waals surface area (Å²) in [6.45, 7) is 18.8. The van der Waals surface area contributed by atoms with Gasteiger partial charge in [0.1, 0.15) is 0 Å². The molecule has 0 N–H and O–H groups in total. The number of nitrogens with zero attached hydrogens (tertiary/aromatic N) is 2. The van der Waals surface area contributed by atoms with Crippen LogP contribution in [0.5, 0.6) is 0 Å². The molecular weight excluding hydrogens is 699 g/mol. The number of allylic oxidation sites excluding steroid dienone is 2. The van der Waals surface area contributed by atoms with Gasteiger partial charge in [0.2, 0.25) is 11.4 Å². The first kappa shape index (κ1) is 52.0. The van der Waals surface area contributed by atoms with Crippen LogP contribution in [-0.4, -0.2) is 4.70 Å². The van der Waals surface area contributed by atoms with Crippen LogP contribution < -0.4 is 0 Å². The van der Waals surface area contributed by atoms with E-state index >= 15 is 0 Å². The number of unbranched alkanes of at least 4 members (excludes halogenated alkanes) is 22. The third-order valence-corrected chi connectivity index (χ3v) is 10.4. The van der Waals surface area contributed by atoms with Crippen LogP contribution in [0.4, 0.5) is 0 Å². The third-order valence-electron chi connectivity index (χ3n) is 10.4. The molecule has 0 aromatic heterocycles. The van der Waals surface area contributed by atoms with Crippen molar-refractivity contribution in [3.8, 4) is 0 Å². The SMILES string of the molecule is CCCCc1cccc(C2=CC(C)=C(c3cccc(CCCC)c3)[N+]2=[N-])c1.[CH2-]CCCCCCCCCCCC.[CH2-]CCCCCCCCCCCC.[Ni+2]. The Labute approximate surface area is 347 Å². The average molecular weight is 784 g/mol. The van der Waals surface area contributed by atoms with E-state index in [1.165, 1.54) is 170 Å². The molecule has 2 nitrogen and oxygen atoms in total. The molecule has 1 aliphatic heterocycles. The van der Waals surface area contributed by atoms with Crippen molar-refractivity contribution in [3.63, 3.8) is 0 Å². The quantitative estimate of drug-likeness (QED) is 0.0355. The van der Waals surface area contributed by atoms with Gasteiger partial charge in [-0.2, -0.15) is 12.8 Å². The predicted molar refractivity (Wildman–Crippen MR) is 238 cm³/mol. The Morgan fingerprint density at radius 3 is 1.22 bits per heavy atom. The van der Waals surface area contributed by atoms with Gasteiger partial charge in [-0.15, -0.1) is 0 Å². The van der Waals surface area contributed by atoms with Gasteiger partial charge >= 0.3 is 16.5 Å². The Balaban J connectivity index is 0.000000880. The Hall–Kier alpha value is -1.99. The fraction of sp³-hybridized carbons (Fsp3) is 0.647. The summed E-state index contributed by atoms with van der Waals surface area (Å²) in [4.78, 5) is 0. The number of hydrogen-bond acceptors (Lipinski definition) is 0. The third kappa shape index (κ3) is 24.5. The van der Waals surface area contributed by atoms with Crippen molar-refractivity contribution in [3.05, 3.63) is 102 Å². The summed E-state index contributed by atoms with van der Waals surface area (Å²) in [6.07, 6.45) is 39.8. The molecule has 0 aliphatic carbocycles. The van der Waals surface area contributed by atoms with Crippen molar-refractivity contribution in [2.24, 2.45) is 0 Å². The maximum absolute atomic E-state index is 11.0. The van der Waals surface area contributed by atoms with Gasteiger partial charge in [-0.25, -0.2) is 4.70 Å². The van der Waals surface area contributed by atoms with Crippen molar-refractivity contribution in [2.75, 3.05) is 0 Å². The summed E-state index contributed by atoms with van der Waals surface area (Å²) < 4.78 is 1.37. The molecule has 0 radical (unpaired) electrons. The predicted octanol–water partition coefficient (Wildman–Crippen LogP) is 17.5. The summed E-state index contributed by atoms with van der Waals surface area (Å²) in [7, 11) is 0. The van der Waals surface area contributed by atoms with Crippen LogP contribution in [0.2, 0.25) is 0 Å². The van der Waals surface area contributed by atoms with Gasteiger partial charge < -0.3 is 19.4 Å². The van der Waals surface area contributed by atoms with Crippen LogP contribution in [0.3, 0.4) is 0 Å². The van der Waals surface area contributed by atoms with Crippen molar-refractivity contribution < 1.29 is 21.2 Å². The molecule has 0 fully saturated rings. The number of benzene rings is 2. The van der Waals surface area contributed by atoms with Crippen LogP contribution in [0, 0.1) is 13.8 Å². The van der Waals surface area contributed by atoms with E-state index in [2.05, 4.69) is 103 Å². The first-order chi connectivity index (χ1) is 26.0. The van der Waals surface area contributed by atoms with E-state index in [-0.39, 0.29) is 16.5 Å². The molecule has 2 aromatic carbocycles. The van der Waals surface area contributed by atoms with Gasteiger partial charge in [-0.3, -0.25) is 0 Å². The molecule has 308 valence electrons. The first-order valence-electron chi connectivity index (χ1n) is 22.7. The fourth-order valence-corrected chi connectivity index (χ4v) is 7.03. The van der Waals surface area contributed by atoms with Gasteiger partial charge in [0, 0.05) is 22.8 Å². The normalized spacial score (nSPS) is 12.1. The van der Waals surface area contributed by atoms with E-state index in [9.17, 15) is 5.53 Å². The molecule has 0 amide bonds. The zero-order valence-corrected chi connectivity index (χ0v) is 37.1.